The molecule has 110 valence electrons. The van der Waals surface area contributed by atoms with Crippen LogP contribution in [0.5, 0.6) is 0 Å². The number of morpholine rings is 1. The molecule has 2 N–H and O–H groups in total. The number of nitrogens with two attached hydrogens (primary N) is 1. The average Bonchev–Trinajstić information content (AvgIpc) is 3.29. The van der Waals surface area contributed by atoms with Gasteiger partial charge in [-0.1, -0.05) is 19.8 Å². The van der Waals surface area contributed by atoms with Crippen LogP contribution in [0.4, 0.5) is 11.8 Å². The van der Waals surface area contributed by atoms with Gasteiger partial charge < -0.3 is 15.4 Å². The Morgan fingerprint density at radius 1 is 1.40 bits per heavy atom. The van der Waals surface area contributed by atoms with E-state index in [0.29, 0.717) is 18.2 Å². The predicted molar refractivity (Wildman–Crippen MR) is 79.6 cm³/mol. The van der Waals surface area contributed by atoms with Gasteiger partial charge in [0, 0.05) is 19.3 Å². The molecule has 2 fully saturated rings. The standard InChI is InChI=1S/C15H24N4O/c1-2-3-4-12-9-19(10-13(20-12)11-5-6-11)14-7-8-17-15(16)18-14/h7-8,11-13H,2-6,9-10H2,1H3,(H2,16,17,18)/t12-,13-/m1/s1. The van der Waals surface area contributed by atoms with Gasteiger partial charge in [-0.2, -0.15) is 4.98 Å². The molecule has 0 unspecified atom stereocenters. The maximum Gasteiger partial charge on any atom is 0.221 e. The summed E-state index contributed by atoms with van der Waals surface area (Å²) in [5.41, 5.74) is 5.71. The molecular weight excluding hydrogens is 252 g/mol. The second-order valence-corrected chi connectivity index (χ2v) is 5.95. The Morgan fingerprint density at radius 2 is 2.25 bits per heavy atom. The van der Waals surface area contributed by atoms with Gasteiger partial charge >= 0.3 is 0 Å². The number of nitrogens with zero attached hydrogens (tertiary/aromatic N) is 3. The molecule has 1 aliphatic heterocycles. The molecule has 0 radical (unpaired) electrons. The Bertz CT molecular complexity index is 449. The van der Waals surface area contributed by atoms with Crippen LogP contribution in [0.1, 0.15) is 39.0 Å². The van der Waals surface area contributed by atoms with Crippen molar-refractivity contribution in [2.24, 2.45) is 5.92 Å². The van der Waals surface area contributed by atoms with Crippen LogP contribution in [0.3, 0.4) is 0 Å². The molecule has 5 nitrogen and oxygen atoms in total. The summed E-state index contributed by atoms with van der Waals surface area (Å²) in [6, 6.07) is 1.95. The number of hydrogen-bond donors (Lipinski definition) is 1. The molecule has 1 saturated heterocycles. The van der Waals surface area contributed by atoms with Gasteiger partial charge in [0.1, 0.15) is 5.82 Å². The van der Waals surface area contributed by atoms with E-state index in [4.69, 9.17) is 10.5 Å². The monoisotopic (exact) mass is 276 g/mol. The zero-order valence-electron chi connectivity index (χ0n) is 12.2. The Balaban J connectivity index is 1.71. The zero-order chi connectivity index (χ0) is 13.9. The molecule has 0 amide bonds. The van der Waals surface area contributed by atoms with Gasteiger partial charge in [0.05, 0.1) is 12.2 Å². The lowest BCUT2D eigenvalue weighted by Gasteiger charge is -2.39. The normalized spacial score (nSPS) is 26.8. The summed E-state index contributed by atoms with van der Waals surface area (Å²) in [5, 5.41) is 0. The van der Waals surface area contributed by atoms with Crippen molar-refractivity contribution in [1.82, 2.24) is 9.97 Å². The molecule has 0 spiro atoms. The lowest BCUT2D eigenvalue weighted by molar-refractivity contribution is -0.0411. The highest BCUT2D eigenvalue weighted by atomic mass is 16.5. The van der Waals surface area contributed by atoms with Crippen molar-refractivity contribution in [3.63, 3.8) is 0 Å². The molecule has 1 aromatic rings. The Kier molecular flexibility index (Phi) is 4.05. The molecule has 1 aromatic heterocycles. The summed E-state index contributed by atoms with van der Waals surface area (Å²) in [5.74, 6) is 2.04. The van der Waals surface area contributed by atoms with E-state index in [2.05, 4.69) is 21.8 Å². The van der Waals surface area contributed by atoms with Crippen LogP contribution in [0.2, 0.25) is 0 Å². The van der Waals surface area contributed by atoms with E-state index in [1.165, 1.54) is 25.7 Å². The fourth-order valence-corrected chi connectivity index (χ4v) is 2.92. The molecular formula is C15H24N4O. The maximum atomic E-state index is 6.28. The fourth-order valence-electron chi connectivity index (χ4n) is 2.92. The molecule has 3 rings (SSSR count). The topological polar surface area (TPSA) is 64.3 Å². The summed E-state index contributed by atoms with van der Waals surface area (Å²) < 4.78 is 6.28. The van der Waals surface area contributed by atoms with E-state index in [9.17, 15) is 0 Å². The molecule has 2 heterocycles. The van der Waals surface area contributed by atoms with Gasteiger partial charge in [0.25, 0.3) is 0 Å². The van der Waals surface area contributed by atoms with E-state index < -0.39 is 0 Å². The molecule has 20 heavy (non-hydrogen) atoms. The predicted octanol–water partition coefficient (Wildman–Crippen LogP) is 2.23. The first-order chi connectivity index (χ1) is 9.76. The van der Waals surface area contributed by atoms with Gasteiger partial charge in [0.2, 0.25) is 5.95 Å². The third-order valence-electron chi connectivity index (χ3n) is 4.20. The quantitative estimate of drug-likeness (QED) is 0.893. The van der Waals surface area contributed by atoms with Crippen LogP contribution in [-0.2, 0) is 4.74 Å². The third kappa shape index (κ3) is 3.20. The van der Waals surface area contributed by atoms with Crippen molar-refractivity contribution >= 4 is 11.8 Å². The Hall–Kier alpha value is -1.36. The smallest absolute Gasteiger partial charge is 0.221 e. The Labute approximate surface area is 120 Å². The number of rotatable bonds is 5. The van der Waals surface area contributed by atoms with E-state index in [0.717, 1.165) is 31.2 Å². The summed E-state index contributed by atoms with van der Waals surface area (Å²) in [6.07, 6.45) is 8.62. The van der Waals surface area contributed by atoms with Crippen LogP contribution >= 0.6 is 0 Å². The van der Waals surface area contributed by atoms with Crippen molar-refractivity contribution in [3.8, 4) is 0 Å². The van der Waals surface area contributed by atoms with Crippen LogP contribution in [0, 0.1) is 5.92 Å². The van der Waals surface area contributed by atoms with Crippen LogP contribution in [0.25, 0.3) is 0 Å². The van der Waals surface area contributed by atoms with Gasteiger partial charge in [-0.3, -0.25) is 0 Å². The van der Waals surface area contributed by atoms with E-state index in [-0.39, 0.29) is 0 Å². The van der Waals surface area contributed by atoms with E-state index in [1.54, 1.807) is 6.20 Å². The summed E-state index contributed by atoms with van der Waals surface area (Å²) in [7, 11) is 0. The van der Waals surface area contributed by atoms with Crippen molar-refractivity contribution < 1.29 is 4.74 Å². The lowest BCUT2D eigenvalue weighted by atomic mass is 10.1. The van der Waals surface area contributed by atoms with Crippen molar-refractivity contribution in [2.45, 2.75) is 51.2 Å². The maximum absolute atomic E-state index is 6.28. The first-order valence-electron chi connectivity index (χ1n) is 7.75. The summed E-state index contributed by atoms with van der Waals surface area (Å²) >= 11 is 0. The Morgan fingerprint density at radius 3 is 2.95 bits per heavy atom. The fraction of sp³-hybridized carbons (Fsp3) is 0.733. The molecule has 1 saturated carbocycles. The van der Waals surface area contributed by atoms with Crippen LogP contribution in [0.15, 0.2) is 12.3 Å². The molecule has 1 aliphatic carbocycles. The number of ether oxygens (including phenoxy) is 1. The average molecular weight is 276 g/mol. The minimum Gasteiger partial charge on any atom is -0.371 e. The number of aromatic nitrogens is 2. The second kappa shape index (κ2) is 5.95. The summed E-state index contributed by atoms with van der Waals surface area (Å²) in [6.45, 7) is 4.08. The highest BCUT2D eigenvalue weighted by molar-refractivity contribution is 5.41. The molecule has 2 atom stereocenters. The first-order valence-corrected chi connectivity index (χ1v) is 7.75. The lowest BCUT2D eigenvalue weighted by Crippen LogP contribution is -2.49. The number of anilines is 2. The van der Waals surface area contributed by atoms with Crippen LogP contribution < -0.4 is 10.6 Å². The second-order valence-electron chi connectivity index (χ2n) is 5.95. The number of hydrogen-bond acceptors (Lipinski definition) is 5. The van der Waals surface area contributed by atoms with Crippen LogP contribution in [-0.4, -0.2) is 35.3 Å². The minimum atomic E-state index is 0.325. The molecule has 0 aromatic carbocycles. The largest absolute Gasteiger partial charge is 0.371 e. The first kappa shape index (κ1) is 13.6. The van der Waals surface area contributed by atoms with Gasteiger partial charge in [-0.05, 0) is 31.2 Å². The SMILES string of the molecule is CCCC[C@@H]1CN(c2ccnc(N)n2)C[C@H](C2CC2)O1. The van der Waals surface area contributed by atoms with Crippen molar-refractivity contribution in [1.29, 1.82) is 0 Å². The highest BCUT2D eigenvalue weighted by Crippen LogP contribution is 2.37. The number of nitrogen functional groups attached to an aromatic ring is 1. The summed E-state index contributed by atoms with van der Waals surface area (Å²) in [4.78, 5) is 10.7. The van der Waals surface area contributed by atoms with Gasteiger partial charge in [0.15, 0.2) is 0 Å². The third-order valence-corrected chi connectivity index (χ3v) is 4.20. The van der Waals surface area contributed by atoms with E-state index >= 15 is 0 Å². The molecule has 2 aliphatic rings. The highest BCUT2D eigenvalue weighted by Gasteiger charge is 2.38. The molecule has 0 bridgehead atoms. The zero-order valence-corrected chi connectivity index (χ0v) is 12.2. The van der Waals surface area contributed by atoms with Crippen molar-refractivity contribution in [3.05, 3.63) is 12.3 Å². The number of unbranched alkanes of at least 4 members (excludes halogenated alkanes) is 1. The van der Waals surface area contributed by atoms with Gasteiger partial charge in [-0.25, -0.2) is 4.98 Å². The molecule has 5 heteroatoms. The van der Waals surface area contributed by atoms with Crippen molar-refractivity contribution in [2.75, 3.05) is 23.7 Å². The minimum absolute atomic E-state index is 0.325. The van der Waals surface area contributed by atoms with Gasteiger partial charge in [-0.15, -0.1) is 0 Å². The van der Waals surface area contributed by atoms with E-state index in [1.807, 2.05) is 6.07 Å².